The Bertz CT molecular complexity index is 509. The van der Waals surface area contributed by atoms with E-state index in [0.717, 1.165) is 0 Å². The molecular formula is C15H16O4. The molecule has 2 aromatic carbocycles. The van der Waals surface area contributed by atoms with Crippen molar-refractivity contribution in [1.29, 1.82) is 0 Å². The fourth-order valence-electron chi connectivity index (χ4n) is 1.28. The average molecular weight is 260 g/mol. The van der Waals surface area contributed by atoms with Crippen LogP contribution in [0, 0.1) is 0 Å². The van der Waals surface area contributed by atoms with E-state index < -0.39 is 5.97 Å². The van der Waals surface area contributed by atoms with Gasteiger partial charge in [-0.2, -0.15) is 0 Å². The van der Waals surface area contributed by atoms with Gasteiger partial charge < -0.3 is 14.9 Å². The topological polar surface area (TPSA) is 66.8 Å². The number of phenolic OH excluding ortho intramolecular Hbond substituents is 2. The largest absolute Gasteiger partial charge is 0.508 e. The molecule has 2 rings (SSSR count). The van der Waals surface area contributed by atoms with Gasteiger partial charge in [-0.25, -0.2) is 4.79 Å². The second kappa shape index (κ2) is 7.76. The van der Waals surface area contributed by atoms with Crippen molar-refractivity contribution in [1.82, 2.24) is 0 Å². The lowest BCUT2D eigenvalue weighted by molar-refractivity contribution is 0.0523. The Kier molecular flexibility index (Phi) is 5.95. The van der Waals surface area contributed by atoms with Gasteiger partial charge >= 0.3 is 5.97 Å². The number of ether oxygens (including phenoxy) is 1. The zero-order chi connectivity index (χ0) is 14.1. The minimum atomic E-state index is -0.490. The zero-order valence-electron chi connectivity index (χ0n) is 10.6. The molecule has 0 heterocycles. The molecule has 0 saturated heterocycles. The number of hydrogen-bond acceptors (Lipinski definition) is 4. The van der Waals surface area contributed by atoms with Gasteiger partial charge in [0.2, 0.25) is 0 Å². The fraction of sp³-hybridized carbons (Fsp3) is 0.133. The van der Waals surface area contributed by atoms with Crippen molar-refractivity contribution in [3.05, 3.63) is 60.2 Å². The summed E-state index contributed by atoms with van der Waals surface area (Å²) in [7, 11) is 0. The van der Waals surface area contributed by atoms with Crippen molar-refractivity contribution in [2.75, 3.05) is 6.61 Å². The first-order valence-electron chi connectivity index (χ1n) is 5.84. The maximum absolute atomic E-state index is 11.1. The lowest BCUT2D eigenvalue weighted by Crippen LogP contribution is -2.04. The van der Waals surface area contributed by atoms with E-state index in [-0.39, 0.29) is 11.3 Å². The Hall–Kier alpha value is -2.49. The van der Waals surface area contributed by atoms with Gasteiger partial charge in [0.15, 0.2) is 0 Å². The number of carbonyl (C=O) groups is 1. The Labute approximate surface area is 111 Å². The molecule has 0 saturated carbocycles. The van der Waals surface area contributed by atoms with E-state index in [4.69, 9.17) is 9.84 Å². The van der Waals surface area contributed by atoms with E-state index in [1.165, 1.54) is 12.1 Å². The molecule has 2 N–H and O–H groups in total. The van der Waals surface area contributed by atoms with Crippen LogP contribution in [0.15, 0.2) is 54.6 Å². The molecule has 100 valence electrons. The third-order valence-corrected chi connectivity index (χ3v) is 2.16. The van der Waals surface area contributed by atoms with Gasteiger partial charge in [0, 0.05) is 0 Å². The van der Waals surface area contributed by atoms with Crippen LogP contribution in [-0.4, -0.2) is 22.8 Å². The summed E-state index contributed by atoms with van der Waals surface area (Å²) in [5.41, 5.74) is 0.208. The number of esters is 1. The lowest BCUT2D eigenvalue weighted by Gasteiger charge is -2.02. The van der Waals surface area contributed by atoms with Gasteiger partial charge in [-0.15, -0.1) is 0 Å². The Morgan fingerprint density at radius 2 is 1.58 bits per heavy atom. The van der Waals surface area contributed by atoms with Crippen LogP contribution in [0.5, 0.6) is 11.5 Å². The van der Waals surface area contributed by atoms with Gasteiger partial charge in [0.1, 0.15) is 17.1 Å². The molecule has 19 heavy (non-hydrogen) atoms. The van der Waals surface area contributed by atoms with E-state index in [2.05, 4.69) is 0 Å². The maximum Gasteiger partial charge on any atom is 0.341 e. The normalized spacial score (nSPS) is 9.11. The quantitative estimate of drug-likeness (QED) is 0.815. The lowest BCUT2D eigenvalue weighted by atomic mass is 10.2. The number of rotatable bonds is 2. The minimum Gasteiger partial charge on any atom is -0.508 e. The SMILES string of the molecule is CCOC(=O)c1ccccc1O.Oc1ccccc1. The molecule has 4 nitrogen and oxygen atoms in total. The van der Waals surface area contributed by atoms with E-state index in [9.17, 15) is 9.90 Å². The molecule has 2 aromatic rings. The summed E-state index contributed by atoms with van der Waals surface area (Å²) in [5.74, 6) is -0.214. The predicted molar refractivity (Wildman–Crippen MR) is 72.2 cm³/mol. The van der Waals surface area contributed by atoms with Crippen LogP contribution in [0.25, 0.3) is 0 Å². The highest BCUT2D eigenvalue weighted by Crippen LogP contribution is 2.16. The summed E-state index contributed by atoms with van der Waals surface area (Å²) in [6.07, 6.45) is 0. The Morgan fingerprint density at radius 1 is 1.00 bits per heavy atom. The summed E-state index contributed by atoms with van der Waals surface area (Å²) in [6.45, 7) is 2.03. The number of para-hydroxylation sites is 2. The van der Waals surface area contributed by atoms with Crippen LogP contribution in [0.2, 0.25) is 0 Å². The number of aromatic hydroxyl groups is 2. The average Bonchev–Trinajstić information content (AvgIpc) is 2.41. The molecule has 0 amide bonds. The van der Waals surface area contributed by atoms with Crippen molar-refractivity contribution >= 4 is 5.97 Å². The smallest absolute Gasteiger partial charge is 0.341 e. The highest BCUT2D eigenvalue weighted by molar-refractivity contribution is 5.92. The third-order valence-electron chi connectivity index (χ3n) is 2.16. The van der Waals surface area contributed by atoms with Gasteiger partial charge in [-0.3, -0.25) is 0 Å². The standard InChI is InChI=1S/C9H10O3.C6H6O/c1-2-12-9(11)7-5-3-4-6-8(7)10;7-6-4-2-1-3-5-6/h3-6,10H,2H2,1H3;1-5,7H. The molecule has 0 aliphatic rings. The summed E-state index contributed by atoms with van der Waals surface area (Å²) in [4.78, 5) is 11.1. The van der Waals surface area contributed by atoms with Crippen LogP contribution in [0.4, 0.5) is 0 Å². The maximum atomic E-state index is 11.1. The number of carbonyl (C=O) groups excluding carboxylic acids is 1. The number of phenols is 2. The monoisotopic (exact) mass is 260 g/mol. The van der Waals surface area contributed by atoms with Crippen LogP contribution in [0.1, 0.15) is 17.3 Å². The van der Waals surface area contributed by atoms with Crippen molar-refractivity contribution in [2.45, 2.75) is 6.92 Å². The van der Waals surface area contributed by atoms with Crippen molar-refractivity contribution < 1.29 is 19.7 Å². The second-order valence-electron chi connectivity index (χ2n) is 3.57. The van der Waals surface area contributed by atoms with Crippen molar-refractivity contribution in [3.63, 3.8) is 0 Å². The molecule has 0 aromatic heterocycles. The zero-order valence-corrected chi connectivity index (χ0v) is 10.6. The van der Waals surface area contributed by atoms with Gasteiger partial charge in [0.25, 0.3) is 0 Å². The summed E-state index contributed by atoms with van der Waals surface area (Å²) in [6, 6.07) is 15.0. The highest BCUT2D eigenvalue weighted by Gasteiger charge is 2.09. The molecule has 0 unspecified atom stereocenters. The molecule has 0 spiro atoms. The number of hydrogen-bond donors (Lipinski definition) is 2. The molecule has 0 bridgehead atoms. The second-order valence-corrected chi connectivity index (χ2v) is 3.57. The summed E-state index contributed by atoms with van der Waals surface area (Å²) >= 11 is 0. The molecular weight excluding hydrogens is 244 g/mol. The predicted octanol–water partition coefficient (Wildman–Crippen LogP) is 2.96. The van der Waals surface area contributed by atoms with Crippen LogP contribution in [0.3, 0.4) is 0 Å². The molecule has 0 aliphatic heterocycles. The highest BCUT2D eigenvalue weighted by atomic mass is 16.5. The van der Waals surface area contributed by atoms with E-state index in [1.807, 2.05) is 6.07 Å². The van der Waals surface area contributed by atoms with Crippen LogP contribution < -0.4 is 0 Å². The molecule has 4 heteroatoms. The first kappa shape index (κ1) is 14.6. The van der Waals surface area contributed by atoms with Gasteiger partial charge in [-0.1, -0.05) is 30.3 Å². The van der Waals surface area contributed by atoms with Crippen LogP contribution in [-0.2, 0) is 4.74 Å². The van der Waals surface area contributed by atoms with Crippen LogP contribution >= 0.6 is 0 Å². The minimum absolute atomic E-state index is 0.0454. The molecule has 0 radical (unpaired) electrons. The molecule has 0 fully saturated rings. The first-order valence-corrected chi connectivity index (χ1v) is 5.84. The van der Waals surface area contributed by atoms with E-state index in [1.54, 1.807) is 43.3 Å². The van der Waals surface area contributed by atoms with Gasteiger partial charge in [0.05, 0.1) is 6.61 Å². The Morgan fingerprint density at radius 3 is 2.05 bits per heavy atom. The van der Waals surface area contributed by atoms with E-state index in [0.29, 0.717) is 12.4 Å². The first-order chi connectivity index (χ1) is 9.15. The summed E-state index contributed by atoms with van der Waals surface area (Å²) < 4.78 is 4.71. The molecule has 0 atom stereocenters. The summed E-state index contributed by atoms with van der Waals surface area (Å²) in [5, 5.41) is 17.8. The fourth-order valence-corrected chi connectivity index (χ4v) is 1.28. The van der Waals surface area contributed by atoms with Gasteiger partial charge in [-0.05, 0) is 31.2 Å². The molecule has 0 aliphatic carbocycles. The van der Waals surface area contributed by atoms with Crippen molar-refractivity contribution in [3.8, 4) is 11.5 Å². The Balaban J connectivity index is 0.000000218. The third kappa shape index (κ3) is 5.12. The number of benzene rings is 2. The van der Waals surface area contributed by atoms with E-state index >= 15 is 0 Å². The van der Waals surface area contributed by atoms with Crippen molar-refractivity contribution in [2.24, 2.45) is 0 Å².